The van der Waals surface area contributed by atoms with Crippen molar-refractivity contribution in [1.29, 1.82) is 0 Å². The summed E-state index contributed by atoms with van der Waals surface area (Å²) in [5, 5.41) is 2.72. The van der Waals surface area contributed by atoms with Crippen LogP contribution >= 0.6 is 0 Å². The van der Waals surface area contributed by atoms with Gasteiger partial charge < -0.3 is 14.8 Å². The van der Waals surface area contributed by atoms with Crippen LogP contribution in [0, 0.1) is 5.92 Å². The zero-order valence-electron chi connectivity index (χ0n) is 14.0. The standard InChI is InChI=1S/C18H23NO5/c1-23-16(12-7-4-3-5-8-12)17(21)19-15(18(22)24-2)13-9-6-10-14(20)11-13/h3-5,7-8,13,15-16H,6,9-11H2,1-2H3,(H,19,21)/t13-,15-,16+/m1/s1. The highest BCUT2D eigenvalue weighted by Crippen LogP contribution is 2.26. The van der Waals surface area contributed by atoms with Gasteiger partial charge in [0, 0.05) is 20.0 Å². The number of methoxy groups -OCH3 is 2. The number of benzene rings is 1. The Morgan fingerprint density at radius 2 is 1.92 bits per heavy atom. The van der Waals surface area contributed by atoms with E-state index < -0.39 is 24.0 Å². The highest BCUT2D eigenvalue weighted by molar-refractivity contribution is 5.89. The Bertz CT molecular complexity index is 586. The predicted octanol–water partition coefficient (Wildman–Crippen LogP) is 1.79. The lowest BCUT2D eigenvalue weighted by atomic mass is 9.83. The molecule has 2 rings (SSSR count). The monoisotopic (exact) mass is 333 g/mol. The predicted molar refractivity (Wildman–Crippen MR) is 87.1 cm³/mol. The number of hydrogen-bond acceptors (Lipinski definition) is 5. The summed E-state index contributed by atoms with van der Waals surface area (Å²) in [6.45, 7) is 0. The topological polar surface area (TPSA) is 81.7 Å². The highest BCUT2D eigenvalue weighted by Gasteiger charge is 2.35. The van der Waals surface area contributed by atoms with E-state index in [4.69, 9.17) is 9.47 Å². The van der Waals surface area contributed by atoms with Gasteiger partial charge in [0.15, 0.2) is 6.10 Å². The van der Waals surface area contributed by atoms with Crippen LogP contribution in [0.5, 0.6) is 0 Å². The molecule has 1 amide bonds. The first-order chi connectivity index (χ1) is 11.6. The van der Waals surface area contributed by atoms with E-state index >= 15 is 0 Å². The average Bonchev–Trinajstić information content (AvgIpc) is 2.60. The van der Waals surface area contributed by atoms with Crippen LogP contribution in [0.4, 0.5) is 0 Å². The molecule has 0 aliphatic heterocycles. The fourth-order valence-electron chi connectivity index (χ4n) is 3.09. The Morgan fingerprint density at radius 1 is 1.21 bits per heavy atom. The molecule has 3 atom stereocenters. The van der Waals surface area contributed by atoms with E-state index in [0.717, 1.165) is 6.42 Å². The van der Waals surface area contributed by atoms with Gasteiger partial charge in [0.05, 0.1) is 7.11 Å². The van der Waals surface area contributed by atoms with Gasteiger partial charge in [0.25, 0.3) is 5.91 Å². The maximum atomic E-state index is 12.6. The molecule has 0 saturated heterocycles. The van der Waals surface area contributed by atoms with Crippen molar-refractivity contribution >= 4 is 17.7 Å². The first kappa shape index (κ1) is 18.1. The first-order valence-electron chi connectivity index (χ1n) is 8.04. The van der Waals surface area contributed by atoms with Crippen molar-refractivity contribution in [3.05, 3.63) is 35.9 Å². The second kappa shape index (κ2) is 8.59. The maximum Gasteiger partial charge on any atom is 0.328 e. The van der Waals surface area contributed by atoms with Crippen molar-refractivity contribution in [2.45, 2.75) is 37.8 Å². The van der Waals surface area contributed by atoms with E-state index in [1.54, 1.807) is 12.1 Å². The minimum absolute atomic E-state index is 0.112. The van der Waals surface area contributed by atoms with E-state index in [1.807, 2.05) is 18.2 Å². The van der Waals surface area contributed by atoms with E-state index in [2.05, 4.69) is 5.32 Å². The van der Waals surface area contributed by atoms with Crippen LogP contribution in [-0.2, 0) is 23.9 Å². The van der Waals surface area contributed by atoms with Crippen LogP contribution in [0.25, 0.3) is 0 Å². The molecule has 1 fully saturated rings. The third-order valence-electron chi connectivity index (χ3n) is 4.32. The summed E-state index contributed by atoms with van der Waals surface area (Å²) in [6.07, 6.45) is 1.41. The lowest BCUT2D eigenvalue weighted by Crippen LogP contribution is -2.49. The number of rotatable bonds is 6. The number of ether oxygens (including phenoxy) is 2. The van der Waals surface area contributed by atoms with Crippen LogP contribution in [-0.4, -0.2) is 37.9 Å². The molecular weight excluding hydrogens is 310 g/mol. The summed E-state index contributed by atoms with van der Waals surface area (Å²) in [5.41, 5.74) is 0.695. The van der Waals surface area contributed by atoms with Crippen molar-refractivity contribution in [3.63, 3.8) is 0 Å². The molecule has 1 N–H and O–H groups in total. The van der Waals surface area contributed by atoms with Gasteiger partial charge in [-0.1, -0.05) is 30.3 Å². The number of carbonyl (C=O) groups excluding carboxylic acids is 3. The maximum absolute atomic E-state index is 12.6. The number of carbonyl (C=O) groups is 3. The minimum atomic E-state index is -0.840. The van der Waals surface area contributed by atoms with Gasteiger partial charge in [-0.05, 0) is 24.3 Å². The van der Waals surface area contributed by atoms with Crippen molar-refractivity contribution in [2.75, 3.05) is 14.2 Å². The molecular formula is C18H23NO5. The quantitative estimate of drug-likeness (QED) is 0.803. The Kier molecular flexibility index (Phi) is 6.49. The van der Waals surface area contributed by atoms with E-state index in [9.17, 15) is 14.4 Å². The minimum Gasteiger partial charge on any atom is -0.467 e. The molecule has 1 aromatic carbocycles. The SMILES string of the molecule is COC(=O)[C@H](NC(=O)[C@@H](OC)c1ccccc1)[C@@H]1CCCC(=O)C1. The van der Waals surface area contributed by atoms with Crippen molar-refractivity contribution in [2.24, 2.45) is 5.92 Å². The number of amides is 1. The van der Waals surface area contributed by atoms with Crippen LogP contribution in [0.2, 0.25) is 0 Å². The molecule has 0 bridgehead atoms. The smallest absolute Gasteiger partial charge is 0.328 e. The van der Waals surface area contributed by atoms with Crippen molar-refractivity contribution < 1.29 is 23.9 Å². The molecule has 6 heteroatoms. The fourth-order valence-corrected chi connectivity index (χ4v) is 3.09. The third kappa shape index (κ3) is 4.41. The van der Waals surface area contributed by atoms with Gasteiger partial charge in [-0.3, -0.25) is 9.59 Å². The highest BCUT2D eigenvalue weighted by atomic mass is 16.5. The van der Waals surface area contributed by atoms with Crippen molar-refractivity contribution in [1.82, 2.24) is 5.32 Å². The van der Waals surface area contributed by atoms with E-state index in [0.29, 0.717) is 18.4 Å². The van der Waals surface area contributed by atoms with Crippen LogP contribution < -0.4 is 5.32 Å². The summed E-state index contributed by atoms with van der Waals surface area (Å²) >= 11 is 0. The van der Waals surface area contributed by atoms with E-state index in [-0.39, 0.29) is 18.1 Å². The number of Topliss-reactive ketones (excluding diaryl/α,β-unsaturated/α-hetero) is 1. The molecule has 6 nitrogen and oxygen atoms in total. The van der Waals surface area contributed by atoms with Gasteiger partial charge in [0.1, 0.15) is 11.8 Å². The van der Waals surface area contributed by atoms with Crippen LogP contribution in [0.15, 0.2) is 30.3 Å². The zero-order valence-corrected chi connectivity index (χ0v) is 14.0. The summed E-state index contributed by atoms with van der Waals surface area (Å²) < 4.78 is 10.1. The molecule has 0 unspecified atom stereocenters. The van der Waals surface area contributed by atoms with Crippen LogP contribution in [0.3, 0.4) is 0 Å². The third-order valence-corrected chi connectivity index (χ3v) is 4.32. The Balaban J connectivity index is 2.14. The molecule has 1 saturated carbocycles. The molecule has 130 valence electrons. The second-order valence-corrected chi connectivity index (χ2v) is 5.93. The Morgan fingerprint density at radius 3 is 2.50 bits per heavy atom. The summed E-state index contributed by atoms with van der Waals surface area (Å²) in [5.74, 6) is -1.08. The number of ketones is 1. The molecule has 1 aliphatic carbocycles. The lowest BCUT2D eigenvalue weighted by Gasteiger charge is -2.29. The van der Waals surface area contributed by atoms with Gasteiger partial charge in [0.2, 0.25) is 0 Å². The van der Waals surface area contributed by atoms with Gasteiger partial charge in [-0.15, -0.1) is 0 Å². The zero-order chi connectivity index (χ0) is 17.5. The Hall–Kier alpha value is -2.21. The van der Waals surface area contributed by atoms with Gasteiger partial charge in [-0.25, -0.2) is 4.79 Å². The summed E-state index contributed by atoms with van der Waals surface area (Å²) in [6, 6.07) is 8.20. The largest absolute Gasteiger partial charge is 0.467 e. The second-order valence-electron chi connectivity index (χ2n) is 5.93. The molecule has 1 aliphatic rings. The normalized spacial score (nSPS) is 20.1. The molecule has 0 radical (unpaired) electrons. The summed E-state index contributed by atoms with van der Waals surface area (Å²) in [7, 11) is 2.71. The molecule has 0 spiro atoms. The summed E-state index contributed by atoms with van der Waals surface area (Å²) in [4.78, 5) is 36.4. The molecule has 0 aromatic heterocycles. The van der Waals surface area contributed by atoms with Crippen LogP contribution in [0.1, 0.15) is 37.4 Å². The average molecular weight is 333 g/mol. The van der Waals surface area contributed by atoms with Crippen molar-refractivity contribution in [3.8, 4) is 0 Å². The number of hydrogen-bond donors (Lipinski definition) is 1. The number of esters is 1. The Labute approximate surface area is 141 Å². The fraction of sp³-hybridized carbons (Fsp3) is 0.500. The van der Waals surface area contributed by atoms with Gasteiger partial charge in [-0.2, -0.15) is 0 Å². The molecule has 1 aromatic rings. The lowest BCUT2D eigenvalue weighted by molar-refractivity contribution is -0.149. The number of nitrogens with one attached hydrogen (secondary N) is 1. The molecule has 0 heterocycles. The first-order valence-corrected chi connectivity index (χ1v) is 8.04. The van der Waals surface area contributed by atoms with Gasteiger partial charge >= 0.3 is 5.97 Å². The van der Waals surface area contributed by atoms with E-state index in [1.165, 1.54) is 14.2 Å². The molecule has 24 heavy (non-hydrogen) atoms.